The summed E-state index contributed by atoms with van der Waals surface area (Å²) in [6.07, 6.45) is 1.57. The van der Waals surface area contributed by atoms with Crippen molar-refractivity contribution in [3.05, 3.63) is 35.4 Å². The Labute approximate surface area is 95.8 Å². The molecule has 1 fully saturated rings. The Morgan fingerprint density at radius 3 is 2.75 bits per heavy atom. The smallest absolute Gasteiger partial charge is 0.309 e. The molecule has 1 aliphatic heterocycles. The molecule has 2 rings (SSSR count). The van der Waals surface area contributed by atoms with Crippen molar-refractivity contribution in [2.45, 2.75) is 18.8 Å². The number of esters is 1. The second-order valence-electron chi connectivity index (χ2n) is 4.18. The van der Waals surface area contributed by atoms with Gasteiger partial charge in [0.05, 0.1) is 13.5 Å². The second kappa shape index (κ2) is 5.12. The van der Waals surface area contributed by atoms with Crippen LogP contribution in [-0.4, -0.2) is 26.2 Å². The fraction of sp³-hybridized carbons (Fsp3) is 0.462. The van der Waals surface area contributed by atoms with Crippen LogP contribution in [0, 0.1) is 0 Å². The van der Waals surface area contributed by atoms with E-state index in [1.807, 2.05) is 12.1 Å². The Morgan fingerprint density at radius 2 is 2.19 bits per heavy atom. The Kier molecular flexibility index (Phi) is 3.57. The van der Waals surface area contributed by atoms with Gasteiger partial charge in [-0.25, -0.2) is 0 Å². The lowest BCUT2D eigenvalue weighted by atomic mass is 9.97. The molecule has 1 aromatic rings. The molecule has 1 unspecified atom stereocenters. The van der Waals surface area contributed by atoms with Crippen molar-refractivity contribution < 1.29 is 9.53 Å². The molecule has 0 radical (unpaired) electrons. The van der Waals surface area contributed by atoms with Crippen molar-refractivity contribution in [1.82, 2.24) is 5.32 Å². The van der Waals surface area contributed by atoms with Gasteiger partial charge in [-0.1, -0.05) is 24.3 Å². The molecular weight excluding hydrogens is 202 g/mol. The number of carbonyl (C=O) groups is 1. The zero-order chi connectivity index (χ0) is 11.4. The minimum atomic E-state index is -0.185. The van der Waals surface area contributed by atoms with Crippen LogP contribution in [0.1, 0.15) is 23.5 Å². The van der Waals surface area contributed by atoms with E-state index in [1.54, 1.807) is 0 Å². The van der Waals surface area contributed by atoms with Crippen LogP contribution in [-0.2, 0) is 16.0 Å². The predicted octanol–water partition coefficient (Wildman–Crippen LogP) is 1.48. The third-order valence-corrected chi connectivity index (χ3v) is 3.09. The molecule has 86 valence electrons. The molecule has 0 aromatic heterocycles. The number of hydrogen-bond donors (Lipinski definition) is 1. The monoisotopic (exact) mass is 219 g/mol. The van der Waals surface area contributed by atoms with Crippen molar-refractivity contribution in [2.75, 3.05) is 20.2 Å². The molecule has 0 spiro atoms. The Morgan fingerprint density at radius 1 is 1.44 bits per heavy atom. The highest BCUT2D eigenvalue weighted by Gasteiger charge is 2.16. The first-order valence-electron chi connectivity index (χ1n) is 5.66. The maximum absolute atomic E-state index is 11.1. The van der Waals surface area contributed by atoms with E-state index in [9.17, 15) is 4.79 Å². The number of ether oxygens (including phenoxy) is 1. The SMILES string of the molecule is COC(=O)Cc1ccc(C2CCNC2)cc1. The van der Waals surface area contributed by atoms with Crippen LogP contribution in [0.5, 0.6) is 0 Å². The first kappa shape index (κ1) is 11.1. The molecule has 0 amide bonds. The van der Waals surface area contributed by atoms with Crippen LogP contribution in [0.25, 0.3) is 0 Å². The summed E-state index contributed by atoms with van der Waals surface area (Å²) in [7, 11) is 1.42. The van der Waals surface area contributed by atoms with E-state index in [1.165, 1.54) is 19.1 Å². The van der Waals surface area contributed by atoms with E-state index >= 15 is 0 Å². The number of benzene rings is 1. The standard InChI is InChI=1S/C13H17NO2/c1-16-13(15)8-10-2-4-11(5-3-10)12-6-7-14-9-12/h2-5,12,14H,6-9H2,1H3. The first-order valence-corrected chi connectivity index (χ1v) is 5.66. The van der Waals surface area contributed by atoms with Crippen molar-refractivity contribution in [3.8, 4) is 0 Å². The minimum Gasteiger partial charge on any atom is -0.469 e. The van der Waals surface area contributed by atoms with Gasteiger partial charge in [-0.3, -0.25) is 4.79 Å². The van der Waals surface area contributed by atoms with E-state index in [-0.39, 0.29) is 5.97 Å². The van der Waals surface area contributed by atoms with E-state index in [4.69, 9.17) is 0 Å². The van der Waals surface area contributed by atoms with Gasteiger partial charge in [-0.15, -0.1) is 0 Å². The molecule has 1 saturated heterocycles. The number of carbonyl (C=O) groups excluding carboxylic acids is 1. The molecule has 1 atom stereocenters. The minimum absolute atomic E-state index is 0.185. The third kappa shape index (κ3) is 2.61. The van der Waals surface area contributed by atoms with E-state index < -0.39 is 0 Å². The maximum Gasteiger partial charge on any atom is 0.309 e. The van der Waals surface area contributed by atoms with Crippen LogP contribution in [0.3, 0.4) is 0 Å². The van der Waals surface area contributed by atoms with Crippen molar-refractivity contribution in [1.29, 1.82) is 0 Å². The summed E-state index contributed by atoms with van der Waals surface area (Å²) < 4.78 is 4.64. The molecule has 0 saturated carbocycles. The average molecular weight is 219 g/mol. The van der Waals surface area contributed by atoms with Gasteiger partial charge in [-0.2, -0.15) is 0 Å². The van der Waals surface area contributed by atoms with Crippen molar-refractivity contribution >= 4 is 5.97 Å². The fourth-order valence-electron chi connectivity index (χ4n) is 2.09. The summed E-state index contributed by atoms with van der Waals surface area (Å²) in [5.41, 5.74) is 2.38. The molecular formula is C13H17NO2. The van der Waals surface area contributed by atoms with Crippen LogP contribution >= 0.6 is 0 Å². The van der Waals surface area contributed by atoms with Gasteiger partial charge in [0.2, 0.25) is 0 Å². The maximum atomic E-state index is 11.1. The van der Waals surface area contributed by atoms with E-state index in [2.05, 4.69) is 22.2 Å². The highest BCUT2D eigenvalue weighted by molar-refractivity contribution is 5.72. The molecule has 1 aromatic carbocycles. The fourth-order valence-corrected chi connectivity index (χ4v) is 2.09. The predicted molar refractivity (Wildman–Crippen MR) is 62.4 cm³/mol. The van der Waals surface area contributed by atoms with Crippen molar-refractivity contribution in [2.24, 2.45) is 0 Å². The summed E-state index contributed by atoms with van der Waals surface area (Å²) in [4.78, 5) is 11.1. The lowest BCUT2D eigenvalue weighted by Gasteiger charge is -2.09. The van der Waals surface area contributed by atoms with Gasteiger partial charge in [0.25, 0.3) is 0 Å². The molecule has 16 heavy (non-hydrogen) atoms. The van der Waals surface area contributed by atoms with E-state index in [0.717, 1.165) is 18.7 Å². The summed E-state index contributed by atoms with van der Waals surface area (Å²) in [6.45, 7) is 2.17. The number of hydrogen-bond acceptors (Lipinski definition) is 3. The second-order valence-corrected chi connectivity index (χ2v) is 4.18. The van der Waals surface area contributed by atoms with Crippen molar-refractivity contribution in [3.63, 3.8) is 0 Å². The van der Waals surface area contributed by atoms with Gasteiger partial charge in [0, 0.05) is 6.54 Å². The van der Waals surface area contributed by atoms with Crippen LogP contribution in [0.15, 0.2) is 24.3 Å². The number of nitrogens with one attached hydrogen (secondary N) is 1. The van der Waals surface area contributed by atoms with Crippen LogP contribution in [0.2, 0.25) is 0 Å². The Hall–Kier alpha value is -1.35. The number of rotatable bonds is 3. The Balaban J connectivity index is 2.01. The molecule has 1 heterocycles. The van der Waals surface area contributed by atoms with Gasteiger partial charge in [0.1, 0.15) is 0 Å². The topological polar surface area (TPSA) is 38.3 Å². The molecule has 0 bridgehead atoms. The highest BCUT2D eigenvalue weighted by Crippen LogP contribution is 2.22. The largest absolute Gasteiger partial charge is 0.469 e. The summed E-state index contributed by atoms with van der Waals surface area (Å²) in [6, 6.07) is 8.28. The summed E-state index contributed by atoms with van der Waals surface area (Å²) in [5, 5.41) is 3.35. The van der Waals surface area contributed by atoms with Crippen LogP contribution < -0.4 is 5.32 Å². The highest BCUT2D eigenvalue weighted by atomic mass is 16.5. The Bertz CT molecular complexity index is 353. The molecule has 1 N–H and O–H groups in total. The quantitative estimate of drug-likeness (QED) is 0.782. The zero-order valence-electron chi connectivity index (χ0n) is 9.53. The average Bonchev–Trinajstić information content (AvgIpc) is 2.83. The van der Waals surface area contributed by atoms with Gasteiger partial charge in [-0.05, 0) is 30.0 Å². The molecule has 0 aliphatic carbocycles. The van der Waals surface area contributed by atoms with Gasteiger partial charge < -0.3 is 10.1 Å². The summed E-state index contributed by atoms with van der Waals surface area (Å²) in [5.74, 6) is 0.447. The molecule has 1 aliphatic rings. The molecule has 3 nitrogen and oxygen atoms in total. The van der Waals surface area contributed by atoms with Gasteiger partial charge in [0.15, 0.2) is 0 Å². The van der Waals surface area contributed by atoms with Gasteiger partial charge >= 0.3 is 5.97 Å². The normalized spacial score (nSPS) is 19.7. The van der Waals surface area contributed by atoms with Crippen LogP contribution in [0.4, 0.5) is 0 Å². The molecule has 3 heteroatoms. The summed E-state index contributed by atoms with van der Waals surface area (Å²) >= 11 is 0. The van der Waals surface area contributed by atoms with E-state index in [0.29, 0.717) is 12.3 Å². The third-order valence-electron chi connectivity index (χ3n) is 3.09. The number of methoxy groups -OCH3 is 1. The lowest BCUT2D eigenvalue weighted by Crippen LogP contribution is -2.08. The lowest BCUT2D eigenvalue weighted by molar-refractivity contribution is -0.139. The first-order chi connectivity index (χ1) is 7.79. The zero-order valence-corrected chi connectivity index (χ0v) is 9.53.